The van der Waals surface area contributed by atoms with Crippen molar-refractivity contribution in [3.8, 4) is 0 Å². The monoisotopic (exact) mass is 349 g/mol. The Bertz CT molecular complexity index is 599. The maximum Gasteiger partial charge on any atom is 0.257 e. The lowest BCUT2D eigenvalue weighted by Gasteiger charge is -2.04. The van der Waals surface area contributed by atoms with E-state index in [1.54, 1.807) is 24.3 Å². The van der Waals surface area contributed by atoms with Gasteiger partial charge in [0.1, 0.15) is 0 Å². The normalized spacial score (nSPS) is 10.1. The number of amides is 2. The molecule has 2 rings (SSSR count). The third-order valence-electron chi connectivity index (χ3n) is 2.47. The van der Waals surface area contributed by atoms with Gasteiger partial charge in [-0.3, -0.25) is 14.9 Å². The van der Waals surface area contributed by atoms with Crippen LogP contribution in [0.3, 0.4) is 0 Å². The molecule has 0 aliphatic rings. The zero-order chi connectivity index (χ0) is 14.4. The zero-order valence-electron chi connectivity index (χ0n) is 10.5. The van der Waals surface area contributed by atoms with Gasteiger partial charge >= 0.3 is 0 Å². The van der Waals surface area contributed by atoms with E-state index in [0.717, 1.165) is 9.37 Å². The van der Waals surface area contributed by atoms with Crippen molar-refractivity contribution in [3.63, 3.8) is 0 Å². The molecule has 0 fully saturated rings. The van der Waals surface area contributed by atoms with Gasteiger partial charge in [-0.1, -0.05) is 34.1 Å². The third kappa shape index (κ3) is 4.51. The summed E-state index contributed by atoms with van der Waals surface area (Å²) in [5.41, 5.74) is 0.481. The number of carbonyl (C=O) groups is 2. The lowest BCUT2D eigenvalue weighted by Crippen LogP contribution is -2.31. The van der Waals surface area contributed by atoms with Crippen molar-refractivity contribution in [2.45, 2.75) is 4.90 Å². The number of hydrogen-bond acceptors (Lipinski definition) is 3. The van der Waals surface area contributed by atoms with Crippen LogP contribution in [0.5, 0.6) is 0 Å². The van der Waals surface area contributed by atoms with Crippen LogP contribution in [-0.4, -0.2) is 17.6 Å². The van der Waals surface area contributed by atoms with Crippen molar-refractivity contribution in [2.24, 2.45) is 0 Å². The second-order valence-corrected chi connectivity index (χ2v) is 5.95. The van der Waals surface area contributed by atoms with Gasteiger partial charge in [-0.25, -0.2) is 0 Å². The molecule has 0 aromatic heterocycles. The average Bonchev–Trinajstić information content (AvgIpc) is 2.47. The molecule has 0 aliphatic heterocycles. The van der Waals surface area contributed by atoms with E-state index in [1.165, 1.54) is 11.8 Å². The highest BCUT2D eigenvalue weighted by Gasteiger charge is 2.09. The molecule has 3 nitrogen and oxygen atoms in total. The van der Waals surface area contributed by atoms with Crippen molar-refractivity contribution in [1.82, 2.24) is 5.32 Å². The molecule has 1 N–H and O–H groups in total. The van der Waals surface area contributed by atoms with Gasteiger partial charge in [0.2, 0.25) is 5.91 Å². The minimum atomic E-state index is -0.369. The number of nitrogens with one attached hydrogen (secondary N) is 1. The smallest absolute Gasteiger partial charge is 0.257 e. The standard InChI is InChI=1S/C15H12BrNO2S/c16-12-6-8-13(9-7-12)20-10-14(18)17-15(19)11-4-2-1-3-5-11/h1-9H,10H2,(H,17,18,19). The first-order valence-corrected chi connectivity index (χ1v) is 7.70. The molecule has 0 atom stereocenters. The summed E-state index contributed by atoms with van der Waals surface area (Å²) < 4.78 is 0.991. The predicted molar refractivity (Wildman–Crippen MR) is 83.8 cm³/mol. The molecule has 5 heteroatoms. The molecule has 0 radical (unpaired) electrons. The van der Waals surface area contributed by atoms with Crippen LogP contribution in [-0.2, 0) is 4.79 Å². The Kier molecular flexibility index (Phi) is 5.38. The van der Waals surface area contributed by atoms with Gasteiger partial charge in [-0.15, -0.1) is 11.8 Å². The topological polar surface area (TPSA) is 46.2 Å². The van der Waals surface area contributed by atoms with Crippen LogP contribution in [0, 0.1) is 0 Å². The minimum absolute atomic E-state index is 0.209. The van der Waals surface area contributed by atoms with E-state index in [-0.39, 0.29) is 17.6 Å². The molecule has 2 aromatic rings. The van der Waals surface area contributed by atoms with E-state index in [4.69, 9.17) is 0 Å². The number of rotatable bonds is 4. The van der Waals surface area contributed by atoms with E-state index < -0.39 is 0 Å². The Labute approximate surface area is 129 Å². The Morgan fingerprint density at radius 1 is 1.00 bits per heavy atom. The number of benzene rings is 2. The Morgan fingerprint density at radius 3 is 2.30 bits per heavy atom. The summed E-state index contributed by atoms with van der Waals surface area (Å²) in [5.74, 6) is -0.459. The van der Waals surface area contributed by atoms with E-state index in [1.807, 2.05) is 30.3 Å². The van der Waals surface area contributed by atoms with Crippen LogP contribution < -0.4 is 5.32 Å². The molecule has 2 aromatic carbocycles. The molecule has 0 aliphatic carbocycles. The van der Waals surface area contributed by atoms with Gasteiger partial charge in [0.15, 0.2) is 0 Å². The first kappa shape index (κ1) is 14.8. The minimum Gasteiger partial charge on any atom is -0.292 e. The molecule has 0 spiro atoms. The second kappa shape index (κ2) is 7.26. The summed E-state index contributed by atoms with van der Waals surface area (Å²) in [4.78, 5) is 24.5. The number of thioether (sulfide) groups is 1. The van der Waals surface area contributed by atoms with E-state index >= 15 is 0 Å². The van der Waals surface area contributed by atoms with Gasteiger partial charge in [-0.2, -0.15) is 0 Å². The summed E-state index contributed by atoms with van der Waals surface area (Å²) in [6, 6.07) is 16.3. The van der Waals surface area contributed by atoms with Crippen LogP contribution in [0.1, 0.15) is 10.4 Å². The van der Waals surface area contributed by atoms with Crippen molar-refractivity contribution in [3.05, 3.63) is 64.6 Å². The van der Waals surface area contributed by atoms with Gasteiger partial charge in [0.25, 0.3) is 5.91 Å². The highest BCUT2D eigenvalue weighted by atomic mass is 79.9. The van der Waals surface area contributed by atoms with Crippen LogP contribution in [0.15, 0.2) is 64.0 Å². The van der Waals surface area contributed by atoms with Crippen molar-refractivity contribution in [2.75, 3.05) is 5.75 Å². The Hall–Kier alpha value is -1.59. The van der Waals surface area contributed by atoms with Crippen molar-refractivity contribution < 1.29 is 9.59 Å². The summed E-state index contributed by atoms with van der Waals surface area (Å²) in [6.07, 6.45) is 0. The first-order chi connectivity index (χ1) is 9.65. The Balaban J connectivity index is 1.84. The van der Waals surface area contributed by atoms with E-state index in [0.29, 0.717) is 5.56 Å². The third-order valence-corrected chi connectivity index (χ3v) is 4.01. The second-order valence-electron chi connectivity index (χ2n) is 3.99. The van der Waals surface area contributed by atoms with Crippen LogP contribution >= 0.6 is 27.7 Å². The molecule has 102 valence electrons. The molecule has 0 heterocycles. The van der Waals surface area contributed by atoms with Crippen LogP contribution in [0.25, 0.3) is 0 Å². The van der Waals surface area contributed by atoms with E-state index in [2.05, 4.69) is 21.2 Å². The van der Waals surface area contributed by atoms with Gasteiger partial charge in [-0.05, 0) is 36.4 Å². The quantitative estimate of drug-likeness (QED) is 0.859. The zero-order valence-corrected chi connectivity index (χ0v) is 12.9. The SMILES string of the molecule is O=C(CSc1ccc(Br)cc1)NC(=O)c1ccccc1. The maximum absolute atomic E-state index is 11.8. The lowest BCUT2D eigenvalue weighted by molar-refractivity contribution is -0.117. The van der Waals surface area contributed by atoms with E-state index in [9.17, 15) is 9.59 Å². The summed E-state index contributed by atoms with van der Waals surface area (Å²) in [6.45, 7) is 0. The Morgan fingerprint density at radius 2 is 1.65 bits per heavy atom. The largest absolute Gasteiger partial charge is 0.292 e. The molecule has 20 heavy (non-hydrogen) atoms. The number of halogens is 1. The van der Waals surface area contributed by atoms with Gasteiger partial charge < -0.3 is 0 Å². The van der Waals surface area contributed by atoms with Crippen LogP contribution in [0.2, 0.25) is 0 Å². The van der Waals surface area contributed by atoms with Gasteiger partial charge in [0.05, 0.1) is 5.75 Å². The van der Waals surface area contributed by atoms with Crippen molar-refractivity contribution in [1.29, 1.82) is 0 Å². The van der Waals surface area contributed by atoms with Gasteiger partial charge in [0, 0.05) is 14.9 Å². The lowest BCUT2D eigenvalue weighted by atomic mass is 10.2. The number of hydrogen-bond donors (Lipinski definition) is 1. The van der Waals surface area contributed by atoms with Crippen LogP contribution in [0.4, 0.5) is 0 Å². The fourth-order valence-electron chi connectivity index (χ4n) is 1.50. The molecule has 0 saturated heterocycles. The first-order valence-electron chi connectivity index (χ1n) is 5.93. The molecule has 0 saturated carbocycles. The predicted octanol–water partition coefficient (Wildman–Crippen LogP) is 3.50. The fourth-order valence-corrected chi connectivity index (χ4v) is 2.47. The summed E-state index contributed by atoms with van der Waals surface area (Å²) >= 11 is 4.74. The highest BCUT2D eigenvalue weighted by molar-refractivity contribution is 9.10. The summed E-state index contributed by atoms with van der Waals surface area (Å²) in [5, 5.41) is 2.37. The van der Waals surface area contributed by atoms with Crippen molar-refractivity contribution >= 4 is 39.5 Å². The number of carbonyl (C=O) groups excluding carboxylic acids is 2. The fraction of sp³-hybridized carbons (Fsp3) is 0.0667. The summed E-state index contributed by atoms with van der Waals surface area (Å²) in [7, 11) is 0. The molecule has 0 unspecified atom stereocenters. The molecular formula is C15H12BrNO2S. The molecular weight excluding hydrogens is 338 g/mol. The molecule has 0 bridgehead atoms. The maximum atomic E-state index is 11.8. The highest BCUT2D eigenvalue weighted by Crippen LogP contribution is 2.20. The number of imide groups is 1. The average molecular weight is 350 g/mol. The molecule has 2 amide bonds.